The van der Waals surface area contributed by atoms with Gasteiger partial charge in [0, 0.05) is 55.5 Å². The molecule has 0 spiro atoms. The lowest BCUT2D eigenvalue weighted by Crippen LogP contribution is -2.48. The minimum absolute atomic E-state index is 0.0386. The Morgan fingerprint density at radius 2 is 1.69 bits per heavy atom. The molecule has 2 heterocycles. The Morgan fingerprint density at radius 3 is 2.41 bits per heavy atom. The number of hydrogen-bond donors (Lipinski definition) is 0. The van der Waals surface area contributed by atoms with Gasteiger partial charge in [-0.2, -0.15) is 0 Å². The molecule has 146 valence electrons. The zero-order valence-corrected chi connectivity index (χ0v) is 15.8. The predicted octanol–water partition coefficient (Wildman–Crippen LogP) is 3.51. The Labute approximate surface area is 168 Å². The number of nitrogens with zero attached hydrogens (tertiary/aromatic N) is 4. The molecule has 1 fully saturated rings. The van der Waals surface area contributed by atoms with Gasteiger partial charge >= 0.3 is 0 Å². The minimum Gasteiger partial charge on any atom is -0.368 e. The van der Waals surface area contributed by atoms with Crippen molar-refractivity contribution in [3.05, 3.63) is 82.5 Å². The third kappa shape index (κ3) is 4.24. The molecule has 0 saturated carbocycles. The number of nitro groups is 1. The first kappa shape index (κ1) is 18.6. The first-order valence-electron chi connectivity index (χ1n) is 9.42. The van der Waals surface area contributed by atoms with E-state index < -0.39 is 4.92 Å². The molecule has 0 N–H and O–H groups in total. The van der Waals surface area contributed by atoms with Gasteiger partial charge in [-0.15, -0.1) is 0 Å². The number of rotatable bonds is 4. The molecule has 7 heteroatoms. The highest BCUT2D eigenvalue weighted by molar-refractivity contribution is 5.92. The second kappa shape index (κ2) is 8.10. The topological polar surface area (TPSA) is 79.6 Å². The van der Waals surface area contributed by atoms with Crippen LogP contribution >= 0.6 is 0 Å². The van der Waals surface area contributed by atoms with Gasteiger partial charge in [0.2, 0.25) is 5.91 Å². The van der Waals surface area contributed by atoms with Crippen LogP contribution in [0.5, 0.6) is 0 Å². The number of carbonyl (C=O) groups excluding carboxylic acids is 1. The van der Waals surface area contributed by atoms with Crippen molar-refractivity contribution in [2.45, 2.75) is 0 Å². The number of carbonyl (C=O) groups is 1. The standard InChI is InChI=1S/C22H20N4O3/c27-22(12-7-18-6-5-17-3-1-2-4-21(17)23-18)25-15-13-24(14-16-25)19-8-10-20(11-9-19)26(28)29/h1-12H,13-16H2/b12-7+. The molecule has 4 rings (SSSR count). The summed E-state index contributed by atoms with van der Waals surface area (Å²) in [6, 6.07) is 18.3. The van der Waals surface area contributed by atoms with Gasteiger partial charge in [-0.25, -0.2) is 4.98 Å². The summed E-state index contributed by atoms with van der Waals surface area (Å²) >= 11 is 0. The van der Waals surface area contributed by atoms with E-state index in [4.69, 9.17) is 0 Å². The summed E-state index contributed by atoms with van der Waals surface area (Å²) in [5.41, 5.74) is 2.66. The summed E-state index contributed by atoms with van der Waals surface area (Å²) in [7, 11) is 0. The van der Waals surface area contributed by atoms with E-state index in [1.807, 2.05) is 36.4 Å². The molecule has 1 saturated heterocycles. The minimum atomic E-state index is -0.406. The molecule has 0 atom stereocenters. The third-order valence-electron chi connectivity index (χ3n) is 5.03. The van der Waals surface area contributed by atoms with Crippen LogP contribution in [0.25, 0.3) is 17.0 Å². The van der Waals surface area contributed by atoms with Crippen LogP contribution in [-0.4, -0.2) is 46.9 Å². The van der Waals surface area contributed by atoms with E-state index in [0.717, 1.165) is 22.3 Å². The normalized spacial score (nSPS) is 14.5. The molecule has 1 aliphatic rings. The van der Waals surface area contributed by atoms with Crippen LogP contribution in [0.3, 0.4) is 0 Å². The fourth-order valence-corrected chi connectivity index (χ4v) is 3.41. The number of amides is 1. The van der Waals surface area contributed by atoms with Crippen molar-refractivity contribution in [3.8, 4) is 0 Å². The number of benzene rings is 2. The lowest BCUT2D eigenvalue weighted by Gasteiger charge is -2.35. The van der Waals surface area contributed by atoms with E-state index >= 15 is 0 Å². The van der Waals surface area contributed by atoms with Gasteiger partial charge in [-0.1, -0.05) is 24.3 Å². The Balaban J connectivity index is 1.35. The predicted molar refractivity (Wildman–Crippen MR) is 113 cm³/mol. The van der Waals surface area contributed by atoms with Crippen molar-refractivity contribution >= 4 is 34.3 Å². The highest BCUT2D eigenvalue weighted by Crippen LogP contribution is 2.21. The van der Waals surface area contributed by atoms with E-state index in [9.17, 15) is 14.9 Å². The number of pyridine rings is 1. The monoisotopic (exact) mass is 388 g/mol. The molecule has 0 radical (unpaired) electrons. The van der Waals surface area contributed by atoms with Crippen molar-refractivity contribution in [2.75, 3.05) is 31.1 Å². The number of piperazine rings is 1. The van der Waals surface area contributed by atoms with Gasteiger partial charge < -0.3 is 9.80 Å². The number of hydrogen-bond acceptors (Lipinski definition) is 5. The summed E-state index contributed by atoms with van der Waals surface area (Å²) in [5, 5.41) is 11.8. The maximum absolute atomic E-state index is 12.5. The highest BCUT2D eigenvalue weighted by Gasteiger charge is 2.20. The molecule has 1 aliphatic heterocycles. The fraction of sp³-hybridized carbons (Fsp3) is 0.182. The summed E-state index contributed by atoms with van der Waals surface area (Å²) in [6.07, 6.45) is 3.32. The first-order valence-corrected chi connectivity index (χ1v) is 9.42. The summed E-state index contributed by atoms with van der Waals surface area (Å²) in [6.45, 7) is 2.58. The molecule has 3 aromatic rings. The van der Waals surface area contributed by atoms with Crippen LogP contribution in [0.15, 0.2) is 66.7 Å². The largest absolute Gasteiger partial charge is 0.368 e. The smallest absolute Gasteiger partial charge is 0.269 e. The van der Waals surface area contributed by atoms with E-state index in [2.05, 4.69) is 9.88 Å². The van der Waals surface area contributed by atoms with Crippen LogP contribution in [0, 0.1) is 10.1 Å². The molecule has 1 amide bonds. The molecule has 2 aromatic carbocycles. The van der Waals surface area contributed by atoms with E-state index in [-0.39, 0.29) is 11.6 Å². The second-order valence-electron chi connectivity index (χ2n) is 6.85. The number of fused-ring (bicyclic) bond motifs is 1. The number of anilines is 1. The number of non-ortho nitro benzene ring substituents is 1. The van der Waals surface area contributed by atoms with Gasteiger partial charge in [0.05, 0.1) is 16.1 Å². The summed E-state index contributed by atoms with van der Waals surface area (Å²) < 4.78 is 0. The molecule has 7 nitrogen and oxygen atoms in total. The molecular weight excluding hydrogens is 368 g/mol. The molecule has 0 bridgehead atoms. The molecule has 0 unspecified atom stereocenters. The molecular formula is C22H20N4O3. The van der Waals surface area contributed by atoms with Crippen molar-refractivity contribution in [1.29, 1.82) is 0 Å². The fourth-order valence-electron chi connectivity index (χ4n) is 3.41. The summed E-state index contributed by atoms with van der Waals surface area (Å²) in [5.74, 6) is -0.0386. The Bertz CT molecular complexity index is 1070. The average molecular weight is 388 g/mol. The quantitative estimate of drug-likeness (QED) is 0.388. The zero-order chi connectivity index (χ0) is 20.2. The van der Waals surface area contributed by atoms with Crippen LogP contribution in [0.1, 0.15) is 5.69 Å². The molecule has 1 aromatic heterocycles. The number of nitro benzene ring substituents is 1. The maximum Gasteiger partial charge on any atom is 0.269 e. The van der Waals surface area contributed by atoms with Gasteiger partial charge in [0.25, 0.3) is 5.69 Å². The average Bonchev–Trinajstić information content (AvgIpc) is 2.77. The van der Waals surface area contributed by atoms with Crippen molar-refractivity contribution in [2.24, 2.45) is 0 Å². The van der Waals surface area contributed by atoms with Gasteiger partial charge in [0.15, 0.2) is 0 Å². The first-order chi connectivity index (χ1) is 14.1. The van der Waals surface area contributed by atoms with Crippen LogP contribution in [-0.2, 0) is 4.79 Å². The van der Waals surface area contributed by atoms with Crippen LogP contribution in [0.2, 0.25) is 0 Å². The van der Waals surface area contributed by atoms with Crippen molar-refractivity contribution in [1.82, 2.24) is 9.88 Å². The Morgan fingerprint density at radius 1 is 0.966 bits per heavy atom. The van der Waals surface area contributed by atoms with Gasteiger partial charge in [0.1, 0.15) is 0 Å². The maximum atomic E-state index is 12.5. The lowest BCUT2D eigenvalue weighted by molar-refractivity contribution is -0.384. The molecule has 0 aliphatic carbocycles. The molecule has 29 heavy (non-hydrogen) atoms. The zero-order valence-electron chi connectivity index (χ0n) is 15.8. The summed E-state index contributed by atoms with van der Waals surface area (Å²) in [4.78, 5) is 31.4. The highest BCUT2D eigenvalue weighted by atomic mass is 16.6. The Hall–Kier alpha value is -3.74. The number of para-hydroxylation sites is 1. The van der Waals surface area contributed by atoms with Crippen molar-refractivity contribution < 1.29 is 9.72 Å². The number of aromatic nitrogens is 1. The van der Waals surface area contributed by atoms with E-state index in [1.54, 1.807) is 29.2 Å². The van der Waals surface area contributed by atoms with Crippen LogP contribution < -0.4 is 4.90 Å². The van der Waals surface area contributed by atoms with Crippen molar-refractivity contribution in [3.63, 3.8) is 0 Å². The van der Waals surface area contributed by atoms with E-state index in [0.29, 0.717) is 26.2 Å². The van der Waals surface area contributed by atoms with Gasteiger partial charge in [-0.05, 0) is 30.3 Å². The Kier molecular flexibility index (Phi) is 5.20. The SMILES string of the molecule is O=C(/C=C/c1ccc2ccccc2n1)N1CCN(c2ccc([N+](=O)[O-])cc2)CC1. The van der Waals surface area contributed by atoms with Gasteiger partial charge in [-0.3, -0.25) is 14.9 Å². The van der Waals surface area contributed by atoms with Crippen LogP contribution in [0.4, 0.5) is 11.4 Å². The second-order valence-corrected chi connectivity index (χ2v) is 6.85. The van der Waals surface area contributed by atoms with E-state index in [1.165, 1.54) is 12.1 Å². The third-order valence-corrected chi connectivity index (χ3v) is 5.03. The lowest BCUT2D eigenvalue weighted by atomic mass is 10.2.